The molecule has 0 unspecified atom stereocenters. The van der Waals surface area contributed by atoms with Crippen molar-refractivity contribution in [2.24, 2.45) is 5.92 Å². The van der Waals surface area contributed by atoms with E-state index in [1.807, 2.05) is 18.2 Å². The first-order valence-corrected chi connectivity index (χ1v) is 9.50. The summed E-state index contributed by atoms with van der Waals surface area (Å²) in [7, 11) is 0. The molecule has 1 aromatic carbocycles. The van der Waals surface area contributed by atoms with Crippen LogP contribution in [0.4, 0.5) is 0 Å². The van der Waals surface area contributed by atoms with E-state index < -0.39 is 0 Å². The number of piperidine rings is 1. The van der Waals surface area contributed by atoms with Crippen LogP contribution in [0.1, 0.15) is 34.6 Å². The number of hydrogen-bond donors (Lipinski definition) is 2. The standard InChI is InChI=1S/C19H23N7O/c1-12-18(21-11-20-12)10-25-7-13-2-4-15(9-25)26(8-13)19(27)14-3-5-16-17(6-14)23-24-22-16/h3,5-6,11,13,15H,2,4,7-10H2,1H3,(H,20,21)(H,22,23,24)/t13-,15+/m1/s1. The van der Waals surface area contributed by atoms with Crippen molar-refractivity contribution in [2.75, 3.05) is 19.6 Å². The second-order valence-corrected chi connectivity index (χ2v) is 7.75. The molecule has 0 saturated carbocycles. The molecule has 2 bridgehead atoms. The van der Waals surface area contributed by atoms with Crippen molar-refractivity contribution in [3.05, 3.63) is 41.5 Å². The quantitative estimate of drug-likeness (QED) is 0.737. The number of rotatable bonds is 3. The summed E-state index contributed by atoms with van der Waals surface area (Å²) < 4.78 is 0. The fourth-order valence-corrected chi connectivity index (χ4v) is 4.45. The molecule has 2 aromatic heterocycles. The van der Waals surface area contributed by atoms with Gasteiger partial charge in [-0.3, -0.25) is 9.69 Å². The van der Waals surface area contributed by atoms with Crippen LogP contribution in [-0.4, -0.2) is 66.8 Å². The highest BCUT2D eigenvalue weighted by atomic mass is 16.2. The summed E-state index contributed by atoms with van der Waals surface area (Å²) in [5.41, 5.74) is 4.44. The van der Waals surface area contributed by atoms with Crippen LogP contribution < -0.4 is 0 Å². The largest absolute Gasteiger partial charge is 0.348 e. The van der Waals surface area contributed by atoms with E-state index in [2.05, 4.69) is 42.1 Å². The van der Waals surface area contributed by atoms with Crippen molar-refractivity contribution in [3.8, 4) is 0 Å². The highest BCUT2D eigenvalue weighted by molar-refractivity contribution is 5.97. The zero-order valence-corrected chi connectivity index (χ0v) is 15.4. The summed E-state index contributed by atoms with van der Waals surface area (Å²) in [4.78, 5) is 25.4. The molecule has 8 nitrogen and oxygen atoms in total. The molecule has 2 atom stereocenters. The molecule has 6 rings (SSSR count). The zero-order valence-electron chi connectivity index (χ0n) is 15.4. The molecule has 0 aliphatic carbocycles. The summed E-state index contributed by atoms with van der Waals surface area (Å²) in [5, 5.41) is 10.8. The fourth-order valence-electron chi connectivity index (χ4n) is 4.45. The van der Waals surface area contributed by atoms with Crippen LogP contribution in [0.15, 0.2) is 24.5 Å². The summed E-state index contributed by atoms with van der Waals surface area (Å²) in [6.07, 6.45) is 4.01. The minimum Gasteiger partial charge on any atom is -0.348 e. The van der Waals surface area contributed by atoms with Gasteiger partial charge in [0.05, 0.1) is 12.0 Å². The van der Waals surface area contributed by atoms with Gasteiger partial charge in [0.1, 0.15) is 11.0 Å². The van der Waals surface area contributed by atoms with Crippen molar-refractivity contribution in [1.29, 1.82) is 0 Å². The van der Waals surface area contributed by atoms with Crippen LogP contribution in [0.5, 0.6) is 0 Å². The van der Waals surface area contributed by atoms with E-state index in [1.54, 1.807) is 6.33 Å². The van der Waals surface area contributed by atoms with E-state index in [0.717, 1.165) is 55.0 Å². The second-order valence-electron chi connectivity index (χ2n) is 7.75. The minimum atomic E-state index is 0.104. The average molecular weight is 365 g/mol. The van der Waals surface area contributed by atoms with Gasteiger partial charge in [-0.1, -0.05) is 0 Å². The van der Waals surface area contributed by atoms with Gasteiger partial charge in [-0.2, -0.15) is 15.4 Å². The topological polar surface area (TPSA) is 93.8 Å². The predicted octanol–water partition coefficient (Wildman–Crippen LogP) is 1.73. The number of imidazole rings is 1. The van der Waals surface area contributed by atoms with Crippen molar-refractivity contribution >= 4 is 16.9 Å². The van der Waals surface area contributed by atoms with Gasteiger partial charge in [-0.15, -0.1) is 0 Å². The predicted molar refractivity (Wildman–Crippen MR) is 100 cm³/mol. The molecule has 2 N–H and O–H groups in total. The molecule has 0 radical (unpaired) electrons. The molecule has 140 valence electrons. The minimum absolute atomic E-state index is 0.104. The number of amides is 1. The molecule has 3 aromatic rings. The van der Waals surface area contributed by atoms with E-state index in [1.165, 1.54) is 6.42 Å². The first kappa shape index (κ1) is 16.4. The smallest absolute Gasteiger partial charge is 0.254 e. The second kappa shape index (κ2) is 6.45. The Morgan fingerprint density at radius 3 is 2.93 bits per heavy atom. The lowest BCUT2D eigenvalue weighted by atomic mass is 9.94. The Morgan fingerprint density at radius 2 is 2.07 bits per heavy atom. The first-order chi connectivity index (χ1) is 13.2. The van der Waals surface area contributed by atoms with Gasteiger partial charge in [-0.25, -0.2) is 4.98 Å². The molecular weight excluding hydrogens is 342 g/mol. The number of aryl methyl sites for hydroxylation is 1. The van der Waals surface area contributed by atoms with Crippen LogP contribution in [0.2, 0.25) is 0 Å². The average Bonchev–Trinajstić information content (AvgIpc) is 3.20. The van der Waals surface area contributed by atoms with Crippen molar-refractivity contribution in [3.63, 3.8) is 0 Å². The molecule has 27 heavy (non-hydrogen) atoms. The number of aromatic nitrogens is 5. The molecule has 3 saturated heterocycles. The van der Waals surface area contributed by atoms with Gasteiger partial charge in [0, 0.05) is 43.5 Å². The number of nitrogens with one attached hydrogen (secondary N) is 2. The number of benzene rings is 1. The van der Waals surface area contributed by atoms with E-state index in [-0.39, 0.29) is 11.9 Å². The molecule has 0 spiro atoms. The van der Waals surface area contributed by atoms with Crippen LogP contribution in [0.3, 0.4) is 0 Å². The maximum atomic E-state index is 13.2. The molecular formula is C19H23N7O. The Kier molecular flexibility index (Phi) is 3.93. The highest BCUT2D eigenvalue weighted by Crippen LogP contribution is 2.30. The van der Waals surface area contributed by atoms with Gasteiger partial charge < -0.3 is 9.88 Å². The van der Waals surface area contributed by atoms with Crippen LogP contribution in [0.25, 0.3) is 11.0 Å². The summed E-state index contributed by atoms with van der Waals surface area (Å²) in [6, 6.07) is 5.80. The third-order valence-electron chi connectivity index (χ3n) is 5.92. The third-order valence-corrected chi connectivity index (χ3v) is 5.92. The summed E-state index contributed by atoms with van der Waals surface area (Å²) in [6.45, 7) is 5.66. The lowest BCUT2D eigenvalue weighted by Gasteiger charge is -2.36. The van der Waals surface area contributed by atoms with Gasteiger partial charge >= 0.3 is 0 Å². The molecule has 3 aliphatic rings. The van der Waals surface area contributed by atoms with E-state index in [9.17, 15) is 4.79 Å². The highest BCUT2D eigenvalue weighted by Gasteiger charge is 2.37. The number of carbonyl (C=O) groups is 1. The maximum Gasteiger partial charge on any atom is 0.254 e. The zero-order chi connectivity index (χ0) is 18.4. The van der Waals surface area contributed by atoms with Crippen molar-refractivity contribution < 1.29 is 4.79 Å². The lowest BCUT2D eigenvalue weighted by molar-refractivity contribution is 0.0585. The van der Waals surface area contributed by atoms with Gasteiger partial charge in [-0.05, 0) is 43.9 Å². The third kappa shape index (κ3) is 2.99. The number of aromatic amines is 2. The van der Waals surface area contributed by atoms with Crippen LogP contribution >= 0.6 is 0 Å². The number of fused-ring (bicyclic) bond motifs is 5. The van der Waals surface area contributed by atoms with Crippen LogP contribution in [-0.2, 0) is 6.54 Å². The number of carbonyl (C=O) groups excluding carboxylic acids is 1. The Labute approximate surface area is 157 Å². The summed E-state index contributed by atoms with van der Waals surface area (Å²) in [5.74, 6) is 0.620. The van der Waals surface area contributed by atoms with Gasteiger partial charge in [0.25, 0.3) is 5.91 Å². The van der Waals surface area contributed by atoms with E-state index in [4.69, 9.17) is 0 Å². The summed E-state index contributed by atoms with van der Waals surface area (Å²) >= 11 is 0. The van der Waals surface area contributed by atoms with E-state index in [0.29, 0.717) is 11.5 Å². The van der Waals surface area contributed by atoms with Crippen LogP contribution in [0, 0.1) is 12.8 Å². The van der Waals surface area contributed by atoms with Gasteiger partial charge in [0.2, 0.25) is 0 Å². The monoisotopic (exact) mass is 365 g/mol. The number of hydrogen-bond acceptors (Lipinski definition) is 5. The molecule has 1 amide bonds. The van der Waals surface area contributed by atoms with Crippen molar-refractivity contribution in [1.82, 2.24) is 35.2 Å². The lowest BCUT2D eigenvalue weighted by Crippen LogP contribution is -2.47. The number of H-pyrrole nitrogens is 2. The SMILES string of the molecule is Cc1[nH]cnc1CN1C[C@H]2CC[C@@H](C1)N(C(=O)c1ccc3n[nH]nc3c1)C2. The maximum absolute atomic E-state index is 13.2. The number of nitrogens with zero attached hydrogens (tertiary/aromatic N) is 5. The normalized spacial score (nSPS) is 23.1. The van der Waals surface area contributed by atoms with E-state index >= 15 is 0 Å². The Bertz CT molecular complexity index is 977. The molecule has 5 heterocycles. The Balaban J connectivity index is 1.36. The molecule has 8 heteroatoms. The van der Waals surface area contributed by atoms with Crippen molar-refractivity contribution in [2.45, 2.75) is 32.4 Å². The fraction of sp³-hybridized carbons (Fsp3) is 0.474. The first-order valence-electron chi connectivity index (χ1n) is 9.50. The molecule has 3 aliphatic heterocycles. The van der Waals surface area contributed by atoms with Gasteiger partial charge in [0.15, 0.2) is 0 Å². The Hall–Kier alpha value is -2.74. The Morgan fingerprint density at radius 1 is 1.19 bits per heavy atom. The molecule has 3 fully saturated rings.